The van der Waals surface area contributed by atoms with Crippen LogP contribution in [0.2, 0.25) is 0 Å². The summed E-state index contributed by atoms with van der Waals surface area (Å²) in [5.41, 5.74) is -1.13. The van der Waals surface area contributed by atoms with Gasteiger partial charge in [0.1, 0.15) is 6.04 Å². The molecule has 108 valence electrons. The van der Waals surface area contributed by atoms with Crippen LogP contribution in [0.25, 0.3) is 0 Å². The van der Waals surface area contributed by atoms with Gasteiger partial charge in [0.25, 0.3) is 0 Å². The van der Waals surface area contributed by atoms with Gasteiger partial charge in [-0.25, -0.2) is 0 Å². The Hall–Kier alpha value is -2.22. The molecular weight excluding hydrogens is 266 g/mol. The van der Waals surface area contributed by atoms with E-state index in [1.807, 2.05) is 0 Å². The number of carbonyl (C=O) groups is 1. The third-order valence-corrected chi connectivity index (χ3v) is 3.47. The maximum atomic E-state index is 11.8. The number of hydrogen-bond acceptors (Lipinski definition) is 5. The van der Waals surface area contributed by atoms with Crippen LogP contribution >= 0.6 is 0 Å². The number of hydrogen-bond donors (Lipinski definition) is 1. The SMILES string of the molecule is O=C(O)[C@H]1CCCN1CCn1cccc([N+](=O)[O-])c1=O. The summed E-state index contributed by atoms with van der Waals surface area (Å²) in [5, 5.41) is 19.7. The second kappa shape index (κ2) is 5.83. The minimum atomic E-state index is -0.867. The van der Waals surface area contributed by atoms with Crippen LogP contribution < -0.4 is 5.56 Å². The zero-order valence-corrected chi connectivity index (χ0v) is 10.8. The number of aliphatic carboxylic acids is 1. The Balaban J connectivity index is 2.08. The number of nitrogens with zero attached hydrogens (tertiary/aromatic N) is 3. The number of likely N-dealkylation sites (tertiary alicyclic amines) is 1. The van der Waals surface area contributed by atoms with Crippen molar-refractivity contribution >= 4 is 11.7 Å². The summed E-state index contributed by atoms with van der Waals surface area (Å²) in [7, 11) is 0. The molecule has 2 rings (SSSR count). The van der Waals surface area contributed by atoms with Crippen LogP contribution in [0.5, 0.6) is 0 Å². The van der Waals surface area contributed by atoms with Gasteiger partial charge >= 0.3 is 17.2 Å². The van der Waals surface area contributed by atoms with Crippen LogP contribution in [0.3, 0.4) is 0 Å². The summed E-state index contributed by atoms with van der Waals surface area (Å²) in [6.45, 7) is 1.29. The molecule has 0 amide bonds. The molecule has 0 aliphatic carbocycles. The van der Waals surface area contributed by atoms with Crippen molar-refractivity contribution in [3.63, 3.8) is 0 Å². The number of nitro groups is 1. The molecule has 20 heavy (non-hydrogen) atoms. The summed E-state index contributed by atoms with van der Waals surface area (Å²) in [6.07, 6.45) is 2.88. The highest BCUT2D eigenvalue weighted by Gasteiger charge is 2.30. The van der Waals surface area contributed by atoms with Gasteiger partial charge in [-0.3, -0.25) is 24.6 Å². The topological polar surface area (TPSA) is 106 Å². The van der Waals surface area contributed by atoms with Gasteiger partial charge in [0.2, 0.25) is 0 Å². The van der Waals surface area contributed by atoms with Crippen LogP contribution in [0.1, 0.15) is 12.8 Å². The number of carboxylic acids is 1. The molecule has 0 saturated carbocycles. The highest BCUT2D eigenvalue weighted by Crippen LogP contribution is 2.16. The fourth-order valence-electron chi connectivity index (χ4n) is 2.45. The molecule has 1 aromatic rings. The van der Waals surface area contributed by atoms with Crippen LogP contribution in [-0.2, 0) is 11.3 Å². The smallest absolute Gasteiger partial charge is 0.334 e. The molecule has 1 saturated heterocycles. The predicted molar refractivity (Wildman–Crippen MR) is 69.6 cm³/mol. The first-order valence-corrected chi connectivity index (χ1v) is 6.31. The van der Waals surface area contributed by atoms with Crippen LogP contribution in [-0.4, -0.2) is 44.6 Å². The monoisotopic (exact) mass is 281 g/mol. The van der Waals surface area contributed by atoms with E-state index in [1.54, 1.807) is 4.90 Å². The Bertz CT molecular complexity index is 583. The number of pyridine rings is 1. The van der Waals surface area contributed by atoms with Crippen molar-refractivity contribution in [3.05, 3.63) is 38.8 Å². The second-order valence-electron chi connectivity index (χ2n) is 4.68. The zero-order valence-electron chi connectivity index (χ0n) is 10.8. The van der Waals surface area contributed by atoms with Gasteiger partial charge in [-0.1, -0.05) is 0 Å². The van der Waals surface area contributed by atoms with Gasteiger partial charge in [0.05, 0.1) is 4.92 Å². The number of rotatable bonds is 5. The molecule has 0 bridgehead atoms. The first-order valence-electron chi connectivity index (χ1n) is 6.31. The molecule has 0 unspecified atom stereocenters. The highest BCUT2D eigenvalue weighted by molar-refractivity contribution is 5.73. The number of aromatic nitrogens is 1. The van der Waals surface area contributed by atoms with E-state index in [9.17, 15) is 19.7 Å². The minimum Gasteiger partial charge on any atom is -0.480 e. The third kappa shape index (κ3) is 2.85. The molecule has 0 aromatic carbocycles. The molecule has 2 heterocycles. The predicted octanol–water partition coefficient (Wildman–Crippen LogP) is 0.305. The Kier molecular flexibility index (Phi) is 4.14. The van der Waals surface area contributed by atoms with E-state index < -0.39 is 28.2 Å². The minimum absolute atomic E-state index is 0.240. The van der Waals surface area contributed by atoms with E-state index in [0.717, 1.165) is 12.5 Å². The van der Waals surface area contributed by atoms with Gasteiger partial charge in [-0.15, -0.1) is 0 Å². The van der Waals surface area contributed by atoms with E-state index in [0.29, 0.717) is 19.5 Å². The van der Waals surface area contributed by atoms with Crippen molar-refractivity contribution in [1.82, 2.24) is 9.47 Å². The summed E-state index contributed by atoms with van der Waals surface area (Å²) >= 11 is 0. The van der Waals surface area contributed by atoms with Crippen molar-refractivity contribution in [2.24, 2.45) is 0 Å². The van der Waals surface area contributed by atoms with E-state index in [1.165, 1.54) is 16.8 Å². The van der Waals surface area contributed by atoms with Crippen molar-refractivity contribution < 1.29 is 14.8 Å². The highest BCUT2D eigenvalue weighted by atomic mass is 16.6. The van der Waals surface area contributed by atoms with Crippen LogP contribution in [0.4, 0.5) is 5.69 Å². The zero-order chi connectivity index (χ0) is 14.7. The number of carboxylic acid groups (broad SMARTS) is 1. The molecule has 0 spiro atoms. The average Bonchev–Trinajstić information content (AvgIpc) is 2.85. The van der Waals surface area contributed by atoms with E-state index >= 15 is 0 Å². The molecule has 0 radical (unpaired) electrons. The summed E-state index contributed by atoms with van der Waals surface area (Å²) in [4.78, 5) is 34.6. The van der Waals surface area contributed by atoms with Crippen molar-refractivity contribution in [2.75, 3.05) is 13.1 Å². The molecule has 1 aliphatic heterocycles. The first-order chi connectivity index (χ1) is 9.50. The largest absolute Gasteiger partial charge is 0.480 e. The Morgan fingerprint density at radius 2 is 2.25 bits per heavy atom. The quantitative estimate of drug-likeness (QED) is 0.615. The van der Waals surface area contributed by atoms with Crippen molar-refractivity contribution in [2.45, 2.75) is 25.4 Å². The molecule has 1 aliphatic rings. The first kappa shape index (κ1) is 14.2. The normalized spacial score (nSPS) is 19.1. The average molecular weight is 281 g/mol. The van der Waals surface area contributed by atoms with E-state index in [-0.39, 0.29) is 6.54 Å². The molecule has 8 nitrogen and oxygen atoms in total. The van der Waals surface area contributed by atoms with Gasteiger partial charge in [0.15, 0.2) is 0 Å². The van der Waals surface area contributed by atoms with Crippen LogP contribution in [0.15, 0.2) is 23.1 Å². The maximum absolute atomic E-state index is 11.8. The fraction of sp³-hybridized carbons (Fsp3) is 0.500. The standard InChI is InChI=1S/C12H15N3O5/c16-11-9(15(19)20)3-1-6-14(11)8-7-13-5-2-4-10(13)12(17)18/h1,3,6,10H,2,4-5,7-8H2,(H,17,18)/t10-/m1/s1. The Labute approximate surface area is 114 Å². The summed E-state index contributed by atoms with van der Waals surface area (Å²) in [5.74, 6) is -0.867. The lowest BCUT2D eigenvalue weighted by molar-refractivity contribution is -0.386. The molecule has 1 fully saturated rings. The lowest BCUT2D eigenvalue weighted by atomic mass is 10.2. The lowest BCUT2D eigenvalue weighted by Gasteiger charge is -2.21. The van der Waals surface area contributed by atoms with Gasteiger partial charge in [-0.2, -0.15) is 0 Å². The van der Waals surface area contributed by atoms with Crippen LogP contribution in [0, 0.1) is 10.1 Å². The van der Waals surface area contributed by atoms with E-state index in [2.05, 4.69) is 0 Å². The fourth-order valence-corrected chi connectivity index (χ4v) is 2.45. The Morgan fingerprint density at radius 3 is 2.90 bits per heavy atom. The van der Waals surface area contributed by atoms with E-state index in [4.69, 9.17) is 5.11 Å². The maximum Gasteiger partial charge on any atom is 0.334 e. The van der Waals surface area contributed by atoms with Crippen molar-refractivity contribution in [1.29, 1.82) is 0 Å². The molecule has 1 N–H and O–H groups in total. The molecule has 8 heteroatoms. The van der Waals surface area contributed by atoms with Gasteiger partial charge < -0.3 is 9.67 Å². The third-order valence-electron chi connectivity index (χ3n) is 3.47. The van der Waals surface area contributed by atoms with Gasteiger partial charge in [-0.05, 0) is 25.5 Å². The summed E-state index contributed by atoms with van der Waals surface area (Å²) < 4.78 is 1.25. The second-order valence-corrected chi connectivity index (χ2v) is 4.68. The van der Waals surface area contributed by atoms with Gasteiger partial charge in [0, 0.05) is 25.4 Å². The Morgan fingerprint density at radius 1 is 1.50 bits per heavy atom. The van der Waals surface area contributed by atoms with Crippen molar-refractivity contribution in [3.8, 4) is 0 Å². The lowest BCUT2D eigenvalue weighted by Crippen LogP contribution is -2.39. The molecule has 1 aromatic heterocycles. The molecule has 1 atom stereocenters. The summed E-state index contributed by atoms with van der Waals surface area (Å²) in [6, 6.07) is 2.08. The molecular formula is C12H15N3O5.